The highest BCUT2D eigenvalue weighted by Gasteiger charge is 2.30. The fourth-order valence-electron chi connectivity index (χ4n) is 1.50. The quantitative estimate of drug-likeness (QED) is 0.636. The molecule has 0 spiro atoms. The number of nitrogens with one attached hydrogen (secondary N) is 1. The predicted octanol–water partition coefficient (Wildman–Crippen LogP) is 1.73. The lowest BCUT2D eigenvalue weighted by Crippen LogP contribution is -2.19. The molecule has 66 valence electrons. The molecule has 1 aliphatic heterocycles. The molecule has 2 rings (SSSR count). The van der Waals surface area contributed by atoms with E-state index in [-0.39, 0.29) is 6.84 Å². The van der Waals surface area contributed by atoms with Crippen LogP contribution in [0.2, 0.25) is 0 Å². The number of rotatable bonds is 0. The maximum atomic E-state index is 4.33. The van der Waals surface area contributed by atoms with Gasteiger partial charge in [-0.15, -0.1) is 0 Å². The van der Waals surface area contributed by atoms with E-state index in [4.69, 9.17) is 0 Å². The number of hydrogen-bond acceptors (Lipinski definition) is 3. The van der Waals surface area contributed by atoms with Crippen LogP contribution < -0.4 is 5.32 Å². The molecule has 3 nitrogen and oxygen atoms in total. The Bertz CT molecular complexity index is 323. The van der Waals surface area contributed by atoms with E-state index < -0.39 is 0 Å². The topological polar surface area (TPSA) is 37.8 Å². The van der Waals surface area contributed by atoms with Crippen LogP contribution in [0.5, 0.6) is 0 Å². The first-order valence-corrected chi connectivity index (χ1v) is 4.17. The highest BCUT2D eigenvalue weighted by atomic mass is 15.1. The zero-order chi connectivity index (χ0) is 8.77. The molecular formula is C9H15N3. The van der Waals surface area contributed by atoms with Crippen molar-refractivity contribution in [3.05, 3.63) is 17.6 Å². The van der Waals surface area contributed by atoms with Gasteiger partial charge in [-0.2, -0.15) is 0 Å². The van der Waals surface area contributed by atoms with Gasteiger partial charge in [0.2, 0.25) is 0 Å². The summed E-state index contributed by atoms with van der Waals surface area (Å²) in [6.07, 6.45) is 1.93. The number of nitrogens with zero attached hydrogens (tertiary/aromatic N) is 2. The van der Waals surface area contributed by atoms with Gasteiger partial charge >= 0.3 is 0 Å². The number of aryl methyl sites for hydroxylation is 1. The van der Waals surface area contributed by atoms with E-state index in [0.29, 0.717) is 0 Å². The zero-order valence-electron chi connectivity index (χ0n) is 7.68. The first kappa shape index (κ1) is 7.53. The summed E-state index contributed by atoms with van der Waals surface area (Å²) < 4.78 is 0. The van der Waals surface area contributed by atoms with Gasteiger partial charge < -0.3 is 5.32 Å². The van der Waals surface area contributed by atoms with Crippen LogP contribution in [0.4, 0.5) is 5.82 Å². The van der Waals surface area contributed by atoms with E-state index in [1.54, 1.807) is 0 Å². The van der Waals surface area contributed by atoms with Crippen molar-refractivity contribution in [3.8, 4) is 0 Å². The van der Waals surface area contributed by atoms with E-state index in [1.807, 2.05) is 13.1 Å². The van der Waals surface area contributed by atoms with Crippen LogP contribution in [-0.4, -0.2) is 16.5 Å². The summed E-state index contributed by atoms with van der Waals surface area (Å²) in [5.74, 6) is 1.84. The molecule has 0 fully saturated rings. The van der Waals surface area contributed by atoms with Gasteiger partial charge in [-0.05, 0) is 6.92 Å². The molecule has 0 saturated carbocycles. The van der Waals surface area contributed by atoms with E-state index in [0.717, 1.165) is 18.2 Å². The Balaban J connectivity index is 0.000000845. The van der Waals surface area contributed by atoms with E-state index in [9.17, 15) is 0 Å². The first-order chi connectivity index (χ1) is 5.59. The molecular weight excluding hydrogens is 150 g/mol. The van der Waals surface area contributed by atoms with Crippen LogP contribution in [0, 0.1) is 6.92 Å². The van der Waals surface area contributed by atoms with Crippen molar-refractivity contribution >= 4 is 5.82 Å². The molecule has 3 heteroatoms. The van der Waals surface area contributed by atoms with Gasteiger partial charge in [0, 0.05) is 25.1 Å². The summed E-state index contributed by atoms with van der Waals surface area (Å²) in [5, 5.41) is 3.28. The molecule has 0 radical (unpaired) electrons. The molecule has 0 unspecified atom stereocenters. The fraction of sp³-hybridized carbons (Fsp3) is 0.556. The maximum absolute atomic E-state index is 4.33. The molecule has 1 aromatic rings. The average Bonchev–Trinajstić information content (AvgIpc) is 2.27. The summed E-state index contributed by atoms with van der Waals surface area (Å²) in [6, 6.07) is 0. The lowest BCUT2D eigenvalue weighted by molar-refractivity contribution is 0.583. The van der Waals surface area contributed by atoms with E-state index >= 15 is 0 Å². The normalized spacial score (nSPS) is 18.6. The van der Waals surface area contributed by atoms with Crippen molar-refractivity contribution in [2.45, 2.75) is 26.2 Å². The van der Waals surface area contributed by atoms with Gasteiger partial charge in [0.25, 0.3) is 0 Å². The van der Waals surface area contributed by atoms with Gasteiger partial charge in [0.15, 0.2) is 0 Å². The summed E-state index contributed by atoms with van der Waals surface area (Å²) in [6.45, 7) is 7.27. The van der Waals surface area contributed by atoms with E-state index in [1.165, 1.54) is 5.56 Å². The van der Waals surface area contributed by atoms with Gasteiger partial charge in [0.1, 0.15) is 11.6 Å². The lowest BCUT2D eigenvalue weighted by atomic mass is 9.89. The van der Waals surface area contributed by atoms with Gasteiger partial charge in [-0.25, -0.2) is 9.97 Å². The zero-order valence-corrected chi connectivity index (χ0v) is 7.68. The second kappa shape index (κ2) is 2.19. The molecule has 1 N–H and O–H groups in total. The Kier molecular flexibility index (Phi) is 1.37. The maximum Gasteiger partial charge on any atom is 0.133 e. The van der Waals surface area contributed by atoms with Crippen LogP contribution in [0.3, 0.4) is 0 Å². The molecule has 0 bridgehead atoms. The minimum absolute atomic E-state index is 0. The van der Waals surface area contributed by atoms with Crippen LogP contribution >= 0.6 is 0 Å². The fourth-order valence-corrected chi connectivity index (χ4v) is 1.50. The number of fused-ring (bicyclic) bond motifs is 1. The SMILES string of the molecule is Cc1ncc2c(n1)NCC2(C)C.[HH]. The minimum Gasteiger partial charge on any atom is -0.369 e. The highest BCUT2D eigenvalue weighted by molar-refractivity contribution is 5.53. The molecule has 1 aliphatic rings. The largest absolute Gasteiger partial charge is 0.369 e. The van der Waals surface area contributed by atoms with Crippen LogP contribution in [-0.2, 0) is 5.41 Å². The van der Waals surface area contributed by atoms with Crippen molar-refractivity contribution in [1.82, 2.24) is 9.97 Å². The molecule has 0 atom stereocenters. The van der Waals surface area contributed by atoms with E-state index in [2.05, 4.69) is 29.1 Å². The number of hydrogen-bond donors (Lipinski definition) is 1. The highest BCUT2D eigenvalue weighted by Crippen LogP contribution is 2.33. The summed E-state index contributed by atoms with van der Waals surface area (Å²) in [5.41, 5.74) is 1.41. The molecule has 0 saturated heterocycles. The molecule has 0 aromatic carbocycles. The molecule has 12 heavy (non-hydrogen) atoms. The van der Waals surface area contributed by atoms with Crippen molar-refractivity contribution < 1.29 is 1.43 Å². The Morgan fingerprint density at radius 1 is 1.58 bits per heavy atom. The Hall–Kier alpha value is -1.12. The van der Waals surface area contributed by atoms with Gasteiger partial charge in [0.05, 0.1) is 0 Å². The number of aromatic nitrogens is 2. The van der Waals surface area contributed by atoms with Crippen molar-refractivity contribution in [2.24, 2.45) is 0 Å². The van der Waals surface area contributed by atoms with Crippen LogP contribution in [0.15, 0.2) is 6.20 Å². The van der Waals surface area contributed by atoms with Crippen molar-refractivity contribution in [1.29, 1.82) is 0 Å². The average molecular weight is 165 g/mol. The molecule has 0 aliphatic carbocycles. The lowest BCUT2D eigenvalue weighted by Gasteiger charge is -2.15. The van der Waals surface area contributed by atoms with Gasteiger partial charge in [-0.3, -0.25) is 0 Å². The molecule has 2 heterocycles. The van der Waals surface area contributed by atoms with Crippen molar-refractivity contribution in [3.63, 3.8) is 0 Å². The standard InChI is InChI=1S/C9H13N3.H2/c1-6-10-4-7-8(12-6)11-5-9(7,2)3;/h4H,5H2,1-3H3,(H,10,11,12);1H. The van der Waals surface area contributed by atoms with Gasteiger partial charge in [-0.1, -0.05) is 13.8 Å². The Labute approximate surface area is 73.7 Å². The second-order valence-corrected chi connectivity index (χ2v) is 3.92. The first-order valence-electron chi connectivity index (χ1n) is 4.17. The summed E-state index contributed by atoms with van der Waals surface area (Å²) >= 11 is 0. The Morgan fingerprint density at radius 2 is 2.33 bits per heavy atom. The third-order valence-electron chi connectivity index (χ3n) is 2.34. The number of anilines is 1. The van der Waals surface area contributed by atoms with Crippen molar-refractivity contribution in [2.75, 3.05) is 11.9 Å². The van der Waals surface area contributed by atoms with Crippen LogP contribution in [0.1, 0.15) is 26.7 Å². The molecule has 0 amide bonds. The summed E-state index contributed by atoms with van der Waals surface area (Å²) in [7, 11) is 0. The third-order valence-corrected chi connectivity index (χ3v) is 2.34. The minimum atomic E-state index is 0. The molecule has 1 aromatic heterocycles. The monoisotopic (exact) mass is 165 g/mol. The predicted molar refractivity (Wildman–Crippen MR) is 50.4 cm³/mol. The van der Waals surface area contributed by atoms with Crippen LogP contribution in [0.25, 0.3) is 0 Å². The summed E-state index contributed by atoms with van der Waals surface area (Å²) in [4.78, 5) is 8.52. The Morgan fingerprint density at radius 3 is 3.08 bits per heavy atom. The third kappa shape index (κ3) is 0.967. The second-order valence-electron chi connectivity index (χ2n) is 3.92. The smallest absolute Gasteiger partial charge is 0.133 e.